The maximum absolute atomic E-state index is 15.0. The number of amides is 1. The Morgan fingerprint density at radius 2 is 1.97 bits per heavy atom. The van der Waals surface area contributed by atoms with Crippen molar-refractivity contribution in [2.45, 2.75) is 38.3 Å². The Balaban J connectivity index is 1.60. The second-order valence-electron chi connectivity index (χ2n) is 8.05. The molecular weight excluding hydrogens is 447 g/mol. The van der Waals surface area contributed by atoms with E-state index in [1.54, 1.807) is 0 Å². The highest BCUT2D eigenvalue weighted by Gasteiger charge is 2.26. The van der Waals surface area contributed by atoms with E-state index in [4.69, 9.17) is 10.5 Å². The smallest absolute Gasteiger partial charge is 0.255 e. The van der Waals surface area contributed by atoms with Crippen LogP contribution in [-0.4, -0.2) is 22.8 Å². The van der Waals surface area contributed by atoms with Crippen molar-refractivity contribution in [1.82, 2.24) is 15.1 Å². The number of hydrogen-bond acceptors (Lipinski definition) is 5. The molecule has 1 fully saturated rings. The molecule has 7 nitrogen and oxygen atoms in total. The molecule has 0 saturated heterocycles. The largest absolute Gasteiger partial charge is 0.496 e. The maximum atomic E-state index is 15.0. The number of aromatic nitrogens is 2. The molecule has 10 heteroatoms. The Kier molecular flexibility index (Phi) is 6.45. The number of anilines is 1. The molecular formula is C24H22F3N5O2. The Hall–Kier alpha value is -4.00. The van der Waals surface area contributed by atoms with Crippen LogP contribution in [0.15, 0.2) is 30.3 Å². The van der Waals surface area contributed by atoms with Crippen LogP contribution in [0.1, 0.15) is 53.2 Å². The van der Waals surface area contributed by atoms with Crippen molar-refractivity contribution in [3.8, 4) is 23.1 Å². The standard InChI is InChI=1S/C24H22F3N5O2/c1-34-21-7-6-14(25)9-17(21)24(33)30-12-13-8-20(27)16(10-19(13)26)22-18(11-28)23(29)32(31-22)15-4-2-3-5-15/h6-10,15H,2-5,12,29H2,1H3,(H,30,33). The Labute approximate surface area is 193 Å². The van der Waals surface area contributed by atoms with E-state index in [9.17, 15) is 18.8 Å². The lowest BCUT2D eigenvalue weighted by Crippen LogP contribution is -2.24. The Morgan fingerprint density at radius 3 is 2.65 bits per heavy atom. The van der Waals surface area contributed by atoms with Gasteiger partial charge >= 0.3 is 0 Å². The zero-order valence-electron chi connectivity index (χ0n) is 18.4. The summed E-state index contributed by atoms with van der Waals surface area (Å²) in [6.07, 6.45) is 3.71. The first-order valence-corrected chi connectivity index (χ1v) is 10.7. The molecule has 0 bridgehead atoms. The number of rotatable bonds is 6. The van der Waals surface area contributed by atoms with Gasteiger partial charge in [0, 0.05) is 17.7 Å². The van der Waals surface area contributed by atoms with Crippen LogP contribution in [0.3, 0.4) is 0 Å². The number of nitriles is 1. The van der Waals surface area contributed by atoms with E-state index in [-0.39, 0.29) is 52.1 Å². The summed E-state index contributed by atoms with van der Waals surface area (Å²) in [5.74, 6) is -2.71. The third-order valence-electron chi connectivity index (χ3n) is 5.97. The number of nitrogen functional groups attached to an aromatic ring is 1. The first kappa shape index (κ1) is 23.2. The summed E-state index contributed by atoms with van der Waals surface area (Å²) in [5, 5.41) is 16.3. The Bertz CT molecular complexity index is 1290. The minimum atomic E-state index is -0.818. The SMILES string of the molecule is COc1ccc(F)cc1C(=O)NCc1cc(F)c(-c2nn(C3CCCC3)c(N)c2C#N)cc1F. The molecule has 1 amide bonds. The van der Waals surface area contributed by atoms with E-state index in [0.29, 0.717) is 0 Å². The van der Waals surface area contributed by atoms with Gasteiger partial charge in [-0.15, -0.1) is 0 Å². The molecule has 3 N–H and O–H groups in total. The highest BCUT2D eigenvalue weighted by atomic mass is 19.1. The number of benzene rings is 2. The molecule has 1 aliphatic rings. The molecule has 34 heavy (non-hydrogen) atoms. The molecule has 3 aromatic rings. The summed E-state index contributed by atoms with van der Waals surface area (Å²) in [6.45, 7) is -0.356. The molecule has 2 aromatic carbocycles. The molecule has 0 radical (unpaired) electrons. The summed E-state index contributed by atoms with van der Waals surface area (Å²) in [7, 11) is 1.33. The van der Waals surface area contributed by atoms with Gasteiger partial charge in [-0.3, -0.25) is 4.79 Å². The van der Waals surface area contributed by atoms with E-state index in [2.05, 4.69) is 10.4 Å². The fraction of sp³-hybridized carbons (Fsp3) is 0.292. The average Bonchev–Trinajstić information content (AvgIpc) is 3.46. The molecule has 176 valence electrons. The normalized spacial score (nSPS) is 13.6. The second kappa shape index (κ2) is 9.47. The Morgan fingerprint density at radius 1 is 1.24 bits per heavy atom. The van der Waals surface area contributed by atoms with Crippen molar-refractivity contribution in [2.24, 2.45) is 0 Å². The van der Waals surface area contributed by atoms with Crippen molar-refractivity contribution in [2.75, 3.05) is 12.8 Å². The van der Waals surface area contributed by atoms with Gasteiger partial charge in [-0.2, -0.15) is 10.4 Å². The van der Waals surface area contributed by atoms with Crippen LogP contribution in [-0.2, 0) is 6.54 Å². The molecule has 0 unspecified atom stereocenters. The van der Waals surface area contributed by atoms with Crippen LogP contribution < -0.4 is 15.8 Å². The molecule has 1 aliphatic carbocycles. The predicted octanol–water partition coefficient (Wildman–Crippen LogP) is 4.47. The number of ether oxygens (including phenoxy) is 1. The monoisotopic (exact) mass is 469 g/mol. The summed E-state index contributed by atoms with van der Waals surface area (Å²) in [5.41, 5.74) is 5.66. The van der Waals surface area contributed by atoms with Gasteiger partial charge < -0.3 is 15.8 Å². The zero-order chi connectivity index (χ0) is 24.4. The van der Waals surface area contributed by atoms with Crippen molar-refractivity contribution in [3.05, 3.63) is 64.5 Å². The van der Waals surface area contributed by atoms with Gasteiger partial charge in [0.05, 0.1) is 18.7 Å². The number of methoxy groups -OCH3 is 1. The maximum Gasteiger partial charge on any atom is 0.255 e. The van der Waals surface area contributed by atoms with E-state index < -0.39 is 23.4 Å². The van der Waals surface area contributed by atoms with E-state index in [1.165, 1.54) is 17.9 Å². The average molecular weight is 469 g/mol. The minimum Gasteiger partial charge on any atom is -0.496 e. The van der Waals surface area contributed by atoms with E-state index in [1.807, 2.05) is 6.07 Å². The van der Waals surface area contributed by atoms with Crippen LogP contribution >= 0.6 is 0 Å². The fourth-order valence-electron chi connectivity index (χ4n) is 4.21. The molecule has 1 heterocycles. The van der Waals surface area contributed by atoms with Crippen molar-refractivity contribution in [3.63, 3.8) is 0 Å². The van der Waals surface area contributed by atoms with E-state index in [0.717, 1.165) is 49.9 Å². The van der Waals surface area contributed by atoms with Gasteiger partial charge in [0.25, 0.3) is 5.91 Å². The number of halogens is 3. The van der Waals surface area contributed by atoms with E-state index >= 15 is 4.39 Å². The number of carbonyl (C=O) groups excluding carboxylic acids is 1. The quantitative estimate of drug-likeness (QED) is 0.554. The number of nitrogens with two attached hydrogens (primary N) is 1. The van der Waals surface area contributed by atoms with Gasteiger partial charge in [-0.05, 0) is 43.2 Å². The molecule has 0 spiro atoms. The summed E-state index contributed by atoms with van der Waals surface area (Å²) in [6, 6.07) is 7.24. The summed E-state index contributed by atoms with van der Waals surface area (Å²) >= 11 is 0. The van der Waals surface area contributed by atoms with Crippen molar-refractivity contribution >= 4 is 11.7 Å². The summed E-state index contributed by atoms with van der Waals surface area (Å²) < 4.78 is 50.0. The predicted molar refractivity (Wildman–Crippen MR) is 118 cm³/mol. The molecule has 1 aromatic heterocycles. The van der Waals surface area contributed by atoms with Crippen LogP contribution in [0.25, 0.3) is 11.3 Å². The van der Waals surface area contributed by atoms with Crippen molar-refractivity contribution < 1.29 is 22.7 Å². The first-order chi connectivity index (χ1) is 16.3. The second-order valence-corrected chi connectivity index (χ2v) is 8.05. The van der Waals surface area contributed by atoms with Crippen LogP contribution in [0.4, 0.5) is 19.0 Å². The van der Waals surface area contributed by atoms with Gasteiger partial charge in [-0.1, -0.05) is 12.8 Å². The zero-order valence-corrected chi connectivity index (χ0v) is 18.4. The van der Waals surface area contributed by atoms with Crippen LogP contribution in [0, 0.1) is 28.8 Å². The lowest BCUT2D eigenvalue weighted by atomic mass is 10.0. The highest BCUT2D eigenvalue weighted by molar-refractivity contribution is 5.96. The number of carbonyl (C=O) groups is 1. The van der Waals surface area contributed by atoms with Gasteiger partial charge in [0.15, 0.2) is 0 Å². The van der Waals surface area contributed by atoms with Gasteiger partial charge in [0.2, 0.25) is 0 Å². The third-order valence-corrected chi connectivity index (χ3v) is 5.97. The van der Waals surface area contributed by atoms with Gasteiger partial charge in [-0.25, -0.2) is 17.9 Å². The number of nitrogens with one attached hydrogen (secondary N) is 1. The summed E-state index contributed by atoms with van der Waals surface area (Å²) in [4.78, 5) is 12.4. The highest BCUT2D eigenvalue weighted by Crippen LogP contribution is 2.36. The number of nitrogens with zero attached hydrogens (tertiary/aromatic N) is 3. The first-order valence-electron chi connectivity index (χ1n) is 10.7. The number of hydrogen-bond donors (Lipinski definition) is 2. The lowest BCUT2D eigenvalue weighted by molar-refractivity contribution is 0.0947. The minimum absolute atomic E-state index is 0.00977. The molecule has 4 rings (SSSR count). The van der Waals surface area contributed by atoms with Gasteiger partial charge in [0.1, 0.15) is 46.3 Å². The van der Waals surface area contributed by atoms with Crippen molar-refractivity contribution in [1.29, 1.82) is 5.26 Å². The fourth-order valence-corrected chi connectivity index (χ4v) is 4.21. The topological polar surface area (TPSA) is 106 Å². The van der Waals surface area contributed by atoms with Crippen LogP contribution in [0.2, 0.25) is 0 Å². The molecule has 0 atom stereocenters. The third kappa shape index (κ3) is 4.29. The molecule has 1 saturated carbocycles. The van der Waals surface area contributed by atoms with Crippen LogP contribution in [0.5, 0.6) is 5.75 Å². The lowest BCUT2D eigenvalue weighted by Gasteiger charge is -2.12. The molecule has 0 aliphatic heterocycles.